The molecule has 0 radical (unpaired) electrons. The van der Waals surface area contributed by atoms with Gasteiger partial charge in [-0.15, -0.1) is 0 Å². The Morgan fingerprint density at radius 3 is 2.61 bits per heavy atom. The lowest BCUT2D eigenvalue weighted by Gasteiger charge is -2.13. The van der Waals surface area contributed by atoms with E-state index in [1.807, 2.05) is 5.48 Å². The van der Waals surface area contributed by atoms with E-state index in [0.29, 0.717) is 0 Å². The third-order valence-corrected chi connectivity index (χ3v) is 2.94. The van der Waals surface area contributed by atoms with Gasteiger partial charge in [-0.3, -0.25) is 14.4 Å². The van der Waals surface area contributed by atoms with Crippen LogP contribution in [0, 0.1) is 6.92 Å². The minimum absolute atomic E-state index is 0.0730. The second-order valence-corrected chi connectivity index (χ2v) is 4.59. The van der Waals surface area contributed by atoms with Gasteiger partial charge in [0.15, 0.2) is 5.69 Å². The molecule has 1 amide bonds. The Bertz CT molecular complexity index is 800. The standard InChI is InChI=1S/C14H12F3N3O3/c1-8-6-11(21)12(13(22)19-23-2)18-20(8)10-5-3-4-9(7-10)14(15,16)17/h3-7H,1-2H3,(H,19,22). The van der Waals surface area contributed by atoms with Crippen LogP contribution < -0.4 is 10.9 Å². The van der Waals surface area contributed by atoms with Gasteiger partial charge >= 0.3 is 6.18 Å². The van der Waals surface area contributed by atoms with Crippen molar-refractivity contribution in [1.82, 2.24) is 15.3 Å². The Balaban J connectivity index is 2.58. The van der Waals surface area contributed by atoms with Crippen LogP contribution in [0.2, 0.25) is 0 Å². The van der Waals surface area contributed by atoms with Crippen LogP contribution in [-0.2, 0) is 11.0 Å². The smallest absolute Gasteiger partial charge is 0.287 e. The summed E-state index contributed by atoms with van der Waals surface area (Å²) in [4.78, 5) is 27.9. The Labute approximate surface area is 128 Å². The highest BCUT2D eigenvalue weighted by atomic mass is 19.4. The van der Waals surface area contributed by atoms with Gasteiger partial charge in [0, 0.05) is 11.8 Å². The first-order valence-electron chi connectivity index (χ1n) is 6.36. The van der Waals surface area contributed by atoms with E-state index in [2.05, 4.69) is 9.94 Å². The zero-order valence-electron chi connectivity index (χ0n) is 12.1. The highest BCUT2D eigenvalue weighted by molar-refractivity contribution is 5.91. The molecule has 0 saturated heterocycles. The number of carbonyl (C=O) groups is 1. The van der Waals surface area contributed by atoms with Crippen LogP contribution in [-0.4, -0.2) is 22.8 Å². The molecule has 1 aromatic carbocycles. The number of amides is 1. The summed E-state index contributed by atoms with van der Waals surface area (Å²) in [7, 11) is 1.18. The van der Waals surface area contributed by atoms with E-state index in [0.717, 1.165) is 22.9 Å². The first-order valence-corrected chi connectivity index (χ1v) is 6.36. The van der Waals surface area contributed by atoms with E-state index in [-0.39, 0.29) is 11.4 Å². The largest absolute Gasteiger partial charge is 0.416 e. The van der Waals surface area contributed by atoms with Crippen LogP contribution in [0.4, 0.5) is 13.2 Å². The summed E-state index contributed by atoms with van der Waals surface area (Å²) in [6.45, 7) is 1.49. The number of nitrogens with zero attached hydrogens (tertiary/aromatic N) is 2. The minimum Gasteiger partial charge on any atom is -0.287 e. The Hall–Kier alpha value is -2.68. The molecule has 23 heavy (non-hydrogen) atoms. The lowest BCUT2D eigenvalue weighted by Crippen LogP contribution is -2.31. The first-order chi connectivity index (χ1) is 10.7. The fraction of sp³-hybridized carbons (Fsp3) is 0.214. The zero-order valence-corrected chi connectivity index (χ0v) is 12.1. The van der Waals surface area contributed by atoms with Crippen molar-refractivity contribution in [3.05, 3.63) is 57.5 Å². The number of hydrogen-bond acceptors (Lipinski definition) is 4. The number of benzene rings is 1. The maximum atomic E-state index is 12.8. The number of hydrogen-bond donors (Lipinski definition) is 1. The van der Waals surface area contributed by atoms with Crippen molar-refractivity contribution >= 4 is 5.91 Å². The van der Waals surface area contributed by atoms with Crippen molar-refractivity contribution < 1.29 is 22.8 Å². The monoisotopic (exact) mass is 327 g/mol. The number of alkyl halides is 3. The van der Waals surface area contributed by atoms with Crippen molar-refractivity contribution in [3.8, 4) is 5.69 Å². The molecule has 1 N–H and O–H groups in total. The maximum Gasteiger partial charge on any atom is 0.416 e. The summed E-state index contributed by atoms with van der Waals surface area (Å²) in [5.41, 5.74) is 0.275. The van der Waals surface area contributed by atoms with E-state index in [1.54, 1.807) is 0 Å². The van der Waals surface area contributed by atoms with E-state index in [4.69, 9.17) is 0 Å². The molecule has 2 rings (SSSR count). The molecule has 0 aliphatic heterocycles. The maximum absolute atomic E-state index is 12.8. The van der Waals surface area contributed by atoms with Gasteiger partial charge in [-0.1, -0.05) is 6.07 Å². The molecule has 0 saturated carbocycles. The Morgan fingerprint density at radius 1 is 1.30 bits per heavy atom. The van der Waals surface area contributed by atoms with Crippen LogP contribution >= 0.6 is 0 Å². The van der Waals surface area contributed by atoms with Crippen molar-refractivity contribution in [2.75, 3.05) is 7.11 Å². The van der Waals surface area contributed by atoms with E-state index < -0.39 is 28.8 Å². The van der Waals surface area contributed by atoms with Crippen LogP contribution in [0.1, 0.15) is 21.7 Å². The lowest BCUT2D eigenvalue weighted by atomic mass is 10.2. The topological polar surface area (TPSA) is 73.2 Å². The highest BCUT2D eigenvalue weighted by Gasteiger charge is 2.30. The molecule has 1 aromatic heterocycles. The van der Waals surface area contributed by atoms with Gasteiger partial charge in [0.05, 0.1) is 18.4 Å². The summed E-state index contributed by atoms with van der Waals surface area (Å²) in [6, 6.07) is 5.50. The fourth-order valence-corrected chi connectivity index (χ4v) is 1.92. The number of halogens is 3. The molecular formula is C14H12F3N3O3. The quantitative estimate of drug-likeness (QED) is 0.873. The number of aromatic nitrogens is 2. The summed E-state index contributed by atoms with van der Waals surface area (Å²) >= 11 is 0. The highest BCUT2D eigenvalue weighted by Crippen LogP contribution is 2.30. The van der Waals surface area contributed by atoms with Crippen LogP contribution in [0.25, 0.3) is 5.69 Å². The summed E-state index contributed by atoms with van der Waals surface area (Å²) < 4.78 is 39.5. The Morgan fingerprint density at radius 2 is 2.00 bits per heavy atom. The predicted octanol–water partition coefficient (Wildman–Crippen LogP) is 1.85. The Kier molecular flexibility index (Phi) is 4.50. The van der Waals surface area contributed by atoms with E-state index >= 15 is 0 Å². The molecule has 0 aliphatic carbocycles. The summed E-state index contributed by atoms with van der Waals surface area (Å²) in [6.07, 6.45) is -4.51. The summed E-state index contributed by atoms with van der Waals surface area (Å²) in [5, 5.41) is 3.83. The number of rotatable bonds is 3. The third kappa shape index (κ3) is 3.57. The molecular weight excluding hydrogens is 315 g/mol. The number of nitrogens with one attached hydrogen (secondary N) is 1. The number of carbonyl (C=O) groups excluding carboxylic acids is 1. The molecule has 122 valence electrons. The second kappa shape index (κ2) is 6.21. The van der Waals surface area contributed by atoms with Gasteiger partial charge in [-0.2, -0.15) is 18.3 Å². The molecule has 6 nitrogen and oxygen atoms in total. The van der Waals surface area contributed by atoms with Crippen molar-refractivity contribution in [2.45, 2.75) is 13.1 Å². The van der Waals surface area contributed by atoms with Crippen molar-refractivity contribution in [3.63, 3.8) is 0 Å². The van der Waals surface area contributed by atoms with Crippen LogP contribution in [0.3, 0.4) is 0 Å². The molecule has 0 bridgehead atoms. The second-order valence-electron chi connectivity index (χ2n) is 4.59. The van der Waals surface area contributed by atoms with Gasteiger partial charge in [-0.25, -0.2) is 10.2 Å². The molecule has 0 unspecified atom stereocenters. The zero-order chi connectivity index (χ0) is 17.2. The van der Waals surface area contributed by atoms with Gasteiger partial charge in [0.2, 0.25) is 5.43 Å². The molecule has 1 heterocycles. The average Bonchev–Trinajstić information content (AvgIpc) is 2.46. The molecule has 2 aromatic rings. The molecule has 0 fully saturated rings. The summed E-state index contributed by atoms with van der Waals surface area (Å²) in [5.74, 6) is -0.891. The van der Waals surface area contributed by atoms with Gasteiger partial charge in [0.25, 0.3) is 5.91 Å². The first kappa shape index (κ1) is 16.7. The SMILES string of the molecule is CONC(=O)c1nn(-c2cccc(C(F)(F)F)c2)c(C)cc1=O. The lowest BCUT2D eigenvalue weighted by molar-refractivity contribution is -0.137. The van der Waals surface area contributed by atoms with E-state index in [9.17, 15) is 22.8 Å². The van der Waals surface area contributed by atoms with Crippen molar-refractivity contribution in [2.24, 2.45) is 0 Å². The van der Waals surface area contributed by atoms with Crippen LogP contribution in [0.15, 0.2) is 35.1 Å². The molecule has 9 heteroatoms. The normalized spacial score (nSPS) is 11.3. The van der Waals surface area contributed by atoms with Gasteiger partial charge < -0.3 is 0 Å². The minimum atomic E-state index is -4.51. The predicted molar refractivity (Wildman–Crippen MR) is 74.0 cm³/mol. The average molecular weight is 327 g/mol. The van der Waals surface area contributed by atoms with E-state index in [1.165, 1.54) is 26.2 Å². The molecule has 0 aliphatic rings. The van der Waals surface area contributed by atoms with Crippen molar-refractivity contribution in [1.29, 1.82) is 0 Å². The number of aryl methyl sites for hydroxylation is 1. The van der Waals surface area contributed by atoms with Gasteiger partial charge in [0.1, 0.15) is 0 Å². The molecule has 0 atom stereocenters. The number of hydroxylamine groups is 1. The van der Waals surface area contributed by atoms with Gasteiger partial charge in [-0.05, 0) is 25.1 Å². The molecule has 0 spiro atoms. The van der Waals surface area contributed by atoms with Crippen LogP contribution in [0.5, 0.6) is 0 Å². The third-order valence-electron chi connectivity index (χ3n) is 2.94. The fourth-order valence-electron chi connectivity index (χ4n) is 1.92.